The largest absolute Gasteiger partial charge is 0.341 e. The zero-order valence-corrected chi connectivity index (χ0v) is 23.5. The van der Waals surface area contributed by atoms with Gasteiger partial charge in [-0.2, -0.15) is 0 Å². The monoisotopic (exact) mass is 581 g/mol. The maximum Gasteiger partial charge on any atom is 0.321 e. The smallest absolute Gasteiger partial charge is 0.321 e. The number of hydrogen-bond donors (Lipinski definition) is 2. The Labute approximate surface area is 248 Å². The van der Waals surface area contributed by atoms with E-state index < -0.39 is 23.9 Å². The lowest BCUT2D eigenvalue weighted by atomic mass is 9.84. The molecule has 0 unspecified atom stereocenters. The average molecular weight is 582 g/mol. The van der Waals surface area contributed by atoms with E-state index in [-0.39, 0.29) is 23.7 Å². The minimum absolute atomic E-state index is 0.158. The number of nitrogens with zero attached hydrogens (tertiary/aromatic N) is 3. The van der Waals surface area contributed by atoms with Gasteiger partial charge in [-0.1, -0.05) is 42.5 Å². The lowest BCUT2D eigenvalue weighted by molar-refractivity contribution is -0.132. The Morgan fingerprint density at radius 3 is 2.28 bits per heavy atom. The summed E-state index contributed by atoms with van der Waals surface area (Å²) in [4.78, 5) is 60.0. The molecule has 4 aliphatic rings. The number of hydrogen-bond acceptors (Lipinski definition) is 5. The number of aldehydes is 1. The number of para-hydroxylation sites is 1. The van der Waals surface area contributed by atoms with Crippen molar-refractivity contribution in [1.29, 1.82) is 0 Å². The third-order valence-corrected chi connectivity index (χ3v) is 8.46. The molecule has 1 saturated carbocycles. The van der Waals surface area contributed by atoms with Crippen LogP contribution in [-0.2, 0) is 9.59 Å². The number of benzodiazepines with no additional fused rings is 1. The first-order chi connectivity index (χ1) is 20.9. The Hall–Kier alpha value is -4.86. The van der Waals surface area contributed by atoms with Gasteiger partial charge in [-0.05, 0) is 67.9 Å². The second-order valence-electron chi connectivity index (χ2n) is 11.3. The van der Waals surface area contributed by atoms with Gasteiger partial charge in [0.1, 0.15) is 18.6 Å². The van der Waals surface area contributed by atoms with Gasteiger partial charge in [-0.25, -0.2) is 14.2 Å². The first-order valence-electron chi connectivity index (χ1n) is 14.5. The Balaban J connectivity index is 1.35. The number of carbonyl (C=O) groups is 4. The molecule has 1 atom stereocenters. The molecule has 43 heavy (non-hydrogen) atoms. The molecule has 9 nitrogen and oxygen atoms in total. The van der Waals surface area contributed by atoms with Gasteiger partial charge in [-0.15, -0.1) is 0 Å². The highest BCUT2D eigenvalue weighted by Crippen LogP contribution is 2.34. The molecule has 2 saturated heterocycles. The van der Waals surface area contributed by atoms with Gasteiger partial charge in [0.25, 0.3) is 5.91 Å². The van der Waals surface area contributed by atoms with E-state index in [0.717, 1.165) is 25.7 Å². The van der Waals surface area contributed by atoms with E-state index in [9.17, 15) is 19.2 Å². The summed E-state index contributed by atoms with van der Waals surface area (Å²) >= 11 is 0. The van der Waals surface area contributed by atoms with Gasteiger partial charge in [0, 0.05) is 35.5 Å². The van der Waals surface area contributed by atoms with Crippen molar-refractivity contribution < 1.29 is 23.6 Å². The molecule has 4 amide bonds. The second kappa shape index (κ2) is 12.2. The summed E-state index contributed by atoms with van der Waals surface area (Å²) in [7, 11) is 0. The second-order valence-corrected chi connectivity index (χ2v) is 11.3. The van der Waals surface area contributed by atoms with Crippen LogP contribution in [0.5, 0.6) is 0 Å². The van der Waals surface area contributed by atoms with Crippen LogP contribution in [0.4, 0.5) is 20.6 Å². The minimum atomic E-state index is -1.47. The molecule has 2 N–H and O–H groups in total. The van der Waals surface area contributed by atoms with E-state index in [1.807, 2.05) is 4.90 Å². The van der Waals surface area contributed by atoms with E-state index in [1.54, 1.807) is 60.7 Å². The fraction of sp³-hybridized carbons (Fsp3) is 0.303. The number of urea groups is 1. The van der Waals surface area contributed by atoms with Gasteiger partial charge >= 0.3 is 6.03 Å². The van der Waals surface area contributed by atoms with Crippen LogP contribution in [-0.4, -0.2) is 60.5 Å². The Bertz CT molecular complexity index is 1590. The normalized spacial score (nSPS) is 21.3. The summed E-state index contributed by atoms with van der Waals surface area (Å²) < 4.78 is 15.1. The molecule has 2 bridgehead atoms. The van der Waals surface area contributed by atoms with E-state index in [2.05, 4.69) is 15.6 Å². The molecule has 3 aliphatic heterocycles. The highest BCUT2D eigenvalue weighted by Gasteiger charge is 2.37. The van der Waals surface area contributed by atoms with Gasteiger partial charge in [0.15, 0.2) is 0 Å². The Kier molecular flexibility index (Phi) is 8.00. The van der Waals surface area contributed by atoms with Gasteiger partial charge < -0.3 is 15.5 Å². The molecule has 220 valence electrons. The zero-order valence-electron chi connectivity index (χ0n) is 23.5. The fourth-order valence-corrected chi connectivity index (χ4v) is 6.27. The van der Waals surface area contributed by atoms with Crippen LogP contribution < -0.4 is 15.5 Å². The van der Waals surface area contributed by atoms with Crippen LogP contribution in [0.1, 0.15) is 47.2 Å². The third kappa shape index (κ3) is 6.04. The topological polar surface area (TPSA) is 111 Å². The van der Waals surface area contributed by atoms with Crippen LogP contribution in [0.25, 0.3) is 0 Å². The zero-order chi connectivity index (χ0) is 29.9. The maximum atomic E-state index is 15.1. The molecule has 0 aromatic heterocycles. The van der Waals surface area contributed by atoms with Gasteiger partial charge in [0.2, 0.25) is 12.1 Å². The highest BCUT2D eigenvalue weighted by atomic mass is 19.1. The summed E-state index contributed by atoms with van der Waals surface area (Å²) in [5.74, 6) is -0.419. The van der Waals surface area contributed by atoms with E-state index in [4.69, 9.17) is 0 Å². The number of halogens is 1. The van der Waals surface area contributed by atoms with Crippen molar-refractivity contribution in [3.63, 3.8) is 0 Å². The van der Waals surface area contributed by atoms with Crippen molar-refractivity contribution in [3.05, 3.63) is 95.3 Å². The summed E-state index contributed by atoms with van der Waals surface area (Å²) in [6.45, 7) is 1.09. The molecule has 1 aliphatic carbocycles. The summed E-state index contributed by atoms with van der Waals surface area (Å²) in [5, 5.41) is 5.23. The number of carbonyl (C=O) groups excluding carboxylic acids is 4. The molecule has 10 heteroatoms. The molecule has 3 heterocycles. The predicted octanol–water partition coefficient (Wildman–Crippen LogP) is 4.62. The van der Waals surface area contributed by atoms with Gasteiger partial charge in [-0.3, -0.25) is 19.3 Å². The summed E-state index contributed by atoms with van der Waals surface area (Å²) in [6.07, 6.45) is 3.62. The molecule has 3 fully saturated rings. The molecule has 0 radical (unpaired) electrons. The third-order valence-electron chi connectivity index (χ3n) is 8.46. The first-order valence-corrected chi connectivity index (χ1v) is 14.5. The van der Waals surface area contributed by atoms with Crippen molar-refractivity contribution in [2.24, 2.45) is 16.8 Å². The van der Waals surface area contributed by atoms with Crippen molar-refractivity contribution in [2.45, 2.75) is 31.8 Å². The number of rotatable bonds is 6. The van der Waals surface area contributed by atoms with Crippen molar-refractivity contribution >= 4 is 41.2 Å². The van der Waals surface area contributed by atoms with E-state index in [0.29, 0.717) is 53.7 Å². The summed E-state index contributed by atoms with van der Waals surface area (Å²) in [5.41, 5.74) is 1.92. The standard InChI is InChI=1S/C33H32FN5O4/c34-27-10-3-1-8-25(27)30-26-9-2-4-11-28(26)39(19-29(41)38-17-21-12-13-22(18-38)15-14-21)32(42)31(36-30)37-33(43)35-24-7-5-6-23(16-24)20-40/h1-11,16,20-22,31H,12-15,17-19H2,(H2,35,37,43)/t21?,22?,31-/m0/s1. The van der Waals surface area contributed by atoms with Crippen LogP contribution >= 0.6 is 0 Å². The number of aliphatic imine (C=N–C) groups is 1. The van der Waals surface area contributed by atoms with Crippen molar-refractivity contribution in [2.75, 3.05) is 29.9 Å². The number of anilines is 2. The summed E-state index contributed by atoms with van der Waals surface area (Å²) in [6, 6.07) is 18.6. The van der Waals surface area contributed by atoms with E-state index >= 15 is 4.39 Å². The van der Waals surface area contributed by atoms with E-state index in [1.165, 1.54) is 17.0 Å². The van der Waals surface area contributed by atoms with Crippen molar-refractivity contribution in [3.8, 4) is 0 Å². The van der Waals surface area contributed by atoms with Crippen LogP contribution in [0.15, 0.2) is 77.8 Å². The lowest BCUT2D eigenvalue weighted by Crippen LogP contribution is -2.51. The maximum absolute atomic E-state index is 15.1. The van der Waals surface area contributed by atoms with Crippen LogP contribution in [0, 0.1) is 17.7 Å². The first kappa shape index (κ1) is 28.3. The van der Waals surface area contributed by atoms with Gasteiger partial charge in [0.05, 0.1) is 11.4 Å². The number of amides is 4. The molecule has 3 aromatic carbocycles. The minimum Gasteiger partial charge on any atom is -0.341 e. The van der Waals surface area contributed by atoms with Crippen molar-refractivity contribution in [1.82, 2.24) is 10.2 Å². The Morgan fingerprint density at radius 1 is 0.907 bits per heavy atom. The lowest BCUT2D eigenvalue weighted by Gasteiger charge is -2.29. The van der Waals surface area contributed by atoms with Crippen LogP contribution in [0.3, 0.4) is 0 Å². The number of nitrogens with one attached hydrogen (secondary N) is 2. The average Bonchev–Trinajstić information content (AvgIpc) is 3.40. The molecule has 3 aromatic rings. The molecule has 0 spiro atoms. The van der Waals surface area contributed by atoms with Crippen LogP contribution in [0.2, 0.25) is 0 Å². The fourth-order valence-electron chi connectivity index (χ4n) is 6.27. The number of benzene rings is 3. The Morgan fingerprint density at radius 2 is 1.58 bits per heavy atom. The molecular weight excluding hydrogens is 549 g/mol. The number of fused-ring (bicyclic) bond motifs is 5. The SMILES string of the molecule is O=Cc1cccc(NC(=O)N[C@@H]2N=C(c3ccccc3F)c3ccccc3N(CC(=O)N3CC4CCC(CC4)C3)C2=O)c1. The molecular formula is C33H32FN5O4. The quantitative estimate of drug-likeness (QED) is 0.414. The predicted molar refractivity (Wildman–Crippen MR) is 161 cm³/mol. The molecule has 7 rings (SSSR count). The highest BCUT2D eigenvalue weighted by molar-refractivity contribution is 6.21.